The quantitative estimate of drug-likeness (QED) is 0.397. The third-order valence-electron chi connectivity index (χ3n) is 3.35. The van der Waals surface area contributed by atoms with E-state index in [1.54, 1.807) is 24.3 Å². The lowest BCUT2D eigenvalue weighted by molar-refractivity contribution is 0.0600. The number of ether oxygens (including phenoxy) is 2. The van der Waals surface area contributed by atoms with Crippen molar-refractivity contribution in [2.75, 3.05) is 19.5 Å². The molecule has 7 heteroatoms. The fourth-order valence-corrected chi connectivity index (χ4v) is 2.77. The van der Waals surface area contributed by atoms with E-state index in [0.29, 0.717) is 28.8 Å². The maximum absolute atomic E-state index is 11.5. The summed E-state index contributed by atoms with van der Waals surface area (Å²) in [6.45, 7) is 0.477. The molecule has 3 rings (SSSR count). The standard InChI is InChI=1S/C18H17N3O3S/c1-23-17(22)14-8-5-9-15(12-14)24-10-11-25-18-19-16(20-21-18)13-6-3-2-4-7-13/h2-9,12H,10-11H2,1H3,(H,19,20,21). The number of thioether (sulfide) groups is 1. The lowest BCUT2D eigenvalue weighted by atomic mass is 10.2. The van der Waals surface area contributed by atoms with Crippen LogP contribution in [0.1, 0.15) is 10.4 Å². The molecule has 0 fully saturated rings. The van der Waals surface area contributed by atoms with Gasteiger partial charge in [0.2, 0.25) is 5.16 Å². The maximum Gasteiger partial charge on any atom is 0.337 e. The van der Waals surface area contributed by atoms with E-state index >= 15 is 0 Å². The Kier molecular flexibility index (Phi) is 5.69. The third-order valence-corrected chi connectivity index (χ3v) is 4.16. The summed E-state index contributed by atoms with van der Waals surface area (Å²) in [7, 11) is 1.35. The molecule has 0 amide bonds. The summed E-state index contributed by atoms with van der Waals surface area (Å²) in [6.07, 6.45) is 0. The fraction of sp³-hybridized carbons (Fsp3) is 0.167. The first-order chi connectivity index (χ1) is 12.3. The fourth-order valence-electron chi connectivity index (χ4n) is 2.16. The van der Waals surface area contributed by atoms with Crippen molar-refractivity contribution in [2.45, 2.75) is 5.16 Å². The number of aromatic nitrogens is 3. The molecule has 3 aromatic rings. The normalized spacial score (nSPS) is 10.4. The average Bonchev–Trinajstić information content (AvgIpc) is 3.14. The average molecular weight is 355 g/mol. The van der Waals surface area contributed by atoms with Crippen molar-refractivity contribution in [1.29, 1.82) is 0 Å². The van der Waals surface area contributed by atoms with Gasteiger partial charge in [0.1, 0.15) is 5.75 Å². The second-order valence-electron chi connectivity index (χ2n) is 5.05. The lowest BCUT2D eigenvalue weighted by Crippen LogP contribution is -2.04. The molecule has 6 nitrogen and oxygen atoms in total. The Hall–Kier alpha value is -2.80. The third kappa shape index (κ3) is 4.60. The molecular formula is C18H17N3O3S. The number of hydrogen-bond acceptors (Lipinski definition) is 6. The minimum atomic E-state index is -0.381. The zero-order chi connectivity index (χ0) is 17.5. The minimum absolute atomic E-state index is 0.381. The van der Waals surface area contributed by atoms with Gasteiger partial charge in [-0.1, -0.05) is 48.2 Å². The number of hydrogen-bond donors (Lipinski definition) is 1. The van der Waals surface area contributed by atoms with Crippen LogP contribution < -0.4 is 4.74 Å². The largest absolute Gasteiger partial charge is 0.493 e. The second-order valence-corrected chi connectivity index (χ2v) is 6.11. The van der Waals surface area contributed by atoms with E-state index in [1.165, 1.54) is 18.9 Å². The number of benzene rings is 2. The van der Waals surface area contributed by atoms with Gasteiger partial charge in [-0.05, 0) is 18.2 Å². The smallest absolute Gasteiger partial charge is 0.337 e. The summed E-state index contributed by atoms with van der Waals surface area (Å²) < 4.78 is 10.4. The number of H-pyrrole nitrogens is 1. The molecule has 0 aliphatic rings. The highest BCUT2D eigenvalue weighted by atomic mass is 32.2. The van der Waals surface area contributed by atoms with Crippen LogP contribution in [0.2, 0.25) is 0 Å². The molecule has 0 bridgehead atoms. The molecular weight excluding hydrogens is 338 g/mol. The van der Waals surface area contributed by atoms with Crippen molar-refractivity contribution in [3.05, 3.63) is 60.2 Å². The van der Waals surface area contributed by atoms with Crippen LogP contribution in [0.15, 0.2) is 59.8 Å². The summed E-state index contributed by atoms with van der Waals surface area (Å²) in [5.74, 6) is 1.68. The van der Waals surface area contributed by atoms with Crippen LogP contribution in [0.3, 0.4) is 0 Å². The van der Waals surface area contributed by atoms with Crippen molar-refractivity contribution < 1.29 is 14.3 Å². The zero-order valence-electron chi connectivity index (χ0n) is 13.6. The first-order valence-electron chi connectivity index (χ1n) is 7.68. The number of esters is 1. The van der Waals surface area contributed by atoms with Crippen LogP contribution in [0.4, 0.5) is 0 Å². The van der Waals surface area contributed by atoms with Gasteiger partial charge in [0.25, 0.3) is 0 Å². The molecule has 128 valence electrons. The van der Waals surface area contributed by atoms with Crippen LogP contribution in [0.5, 0.6) is 5.75 Å². The highest BCUT2D eigenvalue weighted by Crippen LogP contribution is 2.19. The highest BCUT2D eigenvalue weighted by molar-refractivity contribution is 7.99. The molecule has 2 aromatic carbocycles. The van der Waals surface area contributed by atoms with Gasteiger partial charge >= 0.3 is 5.97 Å². The summed E-state index contributed by atoms with van der Waals surface area (Å²) in [6, 6.07) is 16.7. The lowest BCUT2D eigenvalue weighted by Gasteiger charge is -2.06. The SMILES string of the molecule is COC(=O)c1cccc(OCCSc2n[nH]c(-c3ccccc3)n2)c1. The molecule has 1 N–H and O–H groups in total. The Balaban J connectivity index is 1.49. The Morgan fingerprint density at radius 3 is 2.80 bits per heavy atom. The first kappa shape index (κ1) is 17.0. The van der Waals surface area contributed by atoms with E-state index in [1.807, 2.05) is 30.3 Å². The molecule has 1 heterocycles. The van der Waals surface area contributed by atoms with Gasteiger partial charge in [0.05, 0.1) is 19.3 Å². The summed E-state index contributed by atoms with van der Waals surface area (Å²) in [4.78, 5) is 16.0. The Morgan fingerprint density at radius 1 is 1.16 bits per heavy atom. The van der Waals surface area contributed by atoms with Crippen molar-refractivity contribution in [3.63, 3.8) is 0 Å². The summed E-state index contributed by atoms with van der Waals surface area (Å²) >= 11 is 1.50. The van der Waals surface area contributed by atoms with Crippen LogP contribution in [0.25, 0.3) is 11.4 Å². The van der Waals surface area contributed by atoms with E-state index in [9.17, 15) is 4.79 Å². The molecule has 0 spiro atoms. The van der Waals surface area contributed by atoms with Crippen molar-refractivity contribution in [1.82, 2.24) is 15.2 Å². The maximum atomic E-state index is 11.5. The van der Waals surface area contributed by atoms with E-state index in [2.05, 4.69) is 15.2 Å². The monoisotopic (exact) mass is 355 g/mol. The van der Waals surface area contributed by atoms with Gasteiger partial charge in [-0.3, -0.25) is 5.10 Å². The van der Waals surface area contributed by atoms with Crippen molar-refractivity contribution in [3.8, 4) is 17.1 Å². The minimum Gasteiger partial charge on any atom is -0.493 e. The highest BCUT2D eigenvalue weighted by Gasteiger charge is 2.07. The number of carbonyl (C=O) groups excluding carboxylic acids is 1. The number of nitrogens with one attached hydrogen (secondary N) is 1. The van der Waals surface area contributed by atoms with Crippen LogP contribution in [-0.2, 0) is 4.74 Å². The molecule has 0 unspecified atom stereocenters. The molecule has 0 radical (unpaired) electrons. The number of rotatable bonds is 7. The Morgan fingerprint density at radius 2 is 2.00 bits per heavy atom. The van der Waals surface area contributed by atoms with E-state index in [4.69, 9.17) is 9.47 Å². The number of aromatic amines is 1. The number of nitrogens with zero attached hydrogens (tertiary/aromatic N) is 2. The Labute approximate surface area is 149 Å². The number of methoxy groups -OCH3 is 1. The predicted molar refractivity (Wildman–Crippen MR) is 95.8 cm³/mol. The molecule has 0 aliphatic carbocycles. The molecule has 0 atom stereocenters. The van der Waals surface area contributed by atoms with Crippen LogP contribution >= 0.6 is 11.8 Å². The summed E-state index contributed by atoms with van der Waals surface area (Å²) in [5.41, 5.74) is 1.46. The van der Waals surface area contributed by atoms with Gasteiger partial charge in [-0.25, -0.2) is 9.78 Å². The Bertz CT molecular complexity index is 836. The predicted octanol–water partition coefficient (Wildman–Crippen LogP) is 3.43. The molecule has 0 saturated carbocycles. The molecule has 25 heavy (non-hydrogen) atoms. The first-order valence-corrected chi connectivity index (χ1v) is 8.66. The van der Waals surface area contributed by atoms with Gasteiger partial charge < -0.3 is 9.47 Å². The molecule has 0 saturated heterocycles. The van der Waals surface area contributed by atoms with Crippen molar-refractivity contribution in [2.24, 2.45) is 0 Å². The van der Waals surface area contributed by atoms with E-state index in [-0.39, 0.29) is 5.97 Å². The summed E-state index contributed by atoms with van der Waals surface area (Å²) in [5, 5.41) is 7.80. The van der Waals surface area contributed by atoms with Gasteiger partial charge in [0.15, 0.2) is 5.82 Å². The van der Waals surface area contributed by atoms with E-state index in [0.717, 1.165) is 11.4 Å². The second kappa shape index (κ2) is 8.34. The topological polar surface area (TPSA) is 77.1 Å². The zero-order valence-corrected chi connectivity index (χ0v) is 14.5. The van der Waals surface area contributed by atoms with E-state index < -0.39 is 0 Å². The number of carbonyl (C=O) groups is 1. The van der Waals surface area contributed by atoms with Gasteiger partial charge in [-0.15, -0.1) is 5.10 Å². The van der Waals surface area contributed by atoms with Gasteiger partial charge in [-0.2, -0.15) is 0 Å². The van der Waals surface area contributed by atoms with Crippen LogP contribution in [0, 0.1) is 0 Å². The van der Waals surface area contributed by atoms with Gasteiger partial charge in [0, 0.05) is 11.3 Å². The van der Waals surface area contributed by atoms with Crippen molar-refractivity contribution >= 4 is 17.7 Å². The molecule has 1 aromatic heterocycles. The van der Waals surface area contributed by atoms with Crippen LogP contribution in [-0.4, -0.2) is 40.6 Å². The molecule has 0 aliphatic heterocycles.